The molecule has 0 spiro atoms. The van der Waals surface area contributed by atoms with Gasteiger partial charge in [-0.05, 0) is 49.9 Å². The molecule has 3 heteroatoms. The van der Waals surface area contributed by atoms with Crippen LogP contribution in [0.15, 0.2) is 18.2 Å². The van der Waals surface area contributed by atoms with Gasteiger partial charge in [0.2, 0.25) is 0 Å². The number of anilines is 1. The fourth-order valence-electron chi connectivity index (χ4n) is 3.29. The highest BCUT2D eigenvalue weighted by molar-refractivity contribution is 6.31. The van der Waals surface area contributed by atoms with Crippen LogP contribution in [-0.2, 0) is 6.54 Å². The molecule has 1 heterocycles. The van der Waals surface area contributed by atoms with E-state index in [2.05, 4.69) is 28.4 Å². The third kappa shape index (κ3) is 2.04. The van der Waals surface area contributed by atoms with E-state index in [1.165, 1.54) is 37.1 Å². The van der Waals surface area contributed by atoms with Gasteiger partial charge >= 0.3 is 0 Å². The average molecular weight is 251 g/mol. The molecular weight excluding hydrogens is 232 g/mol. The van der Waals surface area contributed by atoms with Crippen LogP contribution in [0.25, 0.3) is 0 Å². The van der Waals surface area contributed by atoms with Crippen LogP contribution in [0, 0.1) is 5.92 Å². The van der Waals surface area contributed by atoms with Crippen LogP contribution in [0.3, 0.4) is 0 Å². The Bertz CT molecular complexity index is 419. The molecule has 0 radical (unpaired) electrons. The number of halogens is 1. The van der Waals surface area contributed by atoms with Crippen LogP contribution in [0.1, 0.15) is 24.8 Å². The Morgan fingerprint density at radius 3 is 2.88 bits per heavy atom. The first-order valence-corrected chi connectivity index (χ1v) is 6.85. The minimum atomic E-state index is 0.770. The molecule has 2 aliphatic rings. The summed E-state index contributed by atoms with van der Waals surface area (Å²) in [6, 6.07) is 7.28. The molecular formula is C14H19ClN2. The highest BCUT2D eigenvalue weighted by Gasteiger charge is 2.37. The van der Waals surface area contributed by atoms with Crippen molar-refractivity contribution in [1.82, 2.24) is 5.32 Å². The van der Waals surface area contributed by atoms with Crippen molar-refractivity contribution < 1.29 is 0 Å². The van der Waals surface area contributed by atoms with Crippen LogP contribution in [0.4, 0.5) is 5.69 Å². The first-order chi connectivity index (χ1) is 8.28. The number of fused-ring (bicyclic) bond motifs is 2. The molecule has 2 atom stereocenters. The van der Waals surface area contributed by atoms with Gasteiger partial charge in [-0.3, -0.25) is 0 Å². The van der Waals surface area contributed by atoms with E-state index in [4.69, 9.17) is 11.6 Å². The van der Waals surface area contributed by atoms with E-state index >= 15 is 0 Å². The molecule has 1 N–H and O–H groups in total. The number of nitrogens with one attached hydrogen (secondary N) is 1. The van der Waals surface area contributed by atoms with Gasteiger partial charge in [0.25, 0.3) is 0 Å². The number of benzene rings is 1. The number of nitrogens with zero attached hydrogens (tertiary/aromatic N) is 1. The van der Waals surface area contributed by atoms with Gasteiger partial charge in [0.15, 0.2) is 0 Å². The standard InChI is InChI=1S/C14H19ClN2/c1-16-8-11-3-5-13(7-14(11)15)17-9-10-2-4-12(17)6-10/h3,5,7,10,12,16H,2,4,6,8-9H2,1H3. The fourth-order valence-corrected chi connectivity index (χ4v) is 3.53. The lowest BCUT2D eigenvalue weighted by Gasteiger charge is -2.29. The van der Waals surface area contributed by atoms with Gasteiger partial charge in [0.1, 0.15) is 0 Å². The Hall–Kier alpha value is -0.730. The van der Waals surface area contributed by atoms with E-state index in [1.807, 2.05) is 7.05 Å². The van der Waals surface area contributed by atoms with Gasteiger partial charge in [-0.25, -0.2) is 0 Å². The molecule has 17 heavy (non-hydrogen) atoms. The van der Waals surface area contributed by atoms with Crippen molar-refractivity contribution in [2.24, 2.45) is 5.92 Å². The van der Waals surface area contributed by atoms with Gasteiger partial charge in [-0.2, -0.15) is 0 Å². The number of hydrogen-bond acceptors (Lipinski definition) is 2. The number of rotatable bonds is 3. The third-order valence-electron chi connectivity index (χ3n) is 4.14. The highest BCUT2D eigenvalue weighted by Crippen LogP contribution is 2.40. The highest BCUT2D eigenvalue weighted by atomic mass is 35.5. The molecule has 1 aliphatic heterocycles. The molecule has 1 aliphatic carbocycles. The topological polar surface area (TPSA) is 15.3 Å². The molecule has 0 amide bonds. The lowest BCUT2D eigenvalue weighted by molar-refractivity contribution is 0.553. The molecule has 0 aromatic heterocycles. The molecule has 92 valence electrons. The van der Waals surface area contributed by atoms with Crippen molar-refractivity contribution >= 4 is 17.3 Å². The van der Waals surface area contributed by atoms with Crippen molar-refractivity contribution in [3.8, 4) is 0 Å². The van der Waals surface area contributed by atoms with Crippen molar-refractivity contribution in [3.63, 3.8) is 0 Å². The first kappa shape index (κ1) is 11.4. The van der Waals surface area contributed by atoms with Crippen LogP contribution >= 0.6 is 11.6 Å². The number of piperidine rings is 1. The second kappa shape index (κ2) is 4.51. The summed E-state index contributed by atoms with van der Waals surface area (Å²) in [6.07, 6.45) is 4.17. The van der Waals surface area contributed by atoms with Gasteiger partial charge in [0, 0.05) is 29.8 Å². The van der Waals surface area contributed by atoms with Crippen molar-refractivity contribution in [2.75, 3.05) is 18.5 Å². The average Bonchev–Trinajstić information content (AvgIpc) is 2.94. The largest absolute Gasteiger partial charge is 0.368 e. The Balaban J connectivity index is 1.82. The Labute approximate surface area is 108 Å². The van der Waals surface area contributed by atoms with E-state index in [0.29, 0.717) is 0 Å². The van der Waals surface area contributed by atoms with Crippen LogP contribution in [-0.4, -0.2) is 19.6 Å². The number of hydrogen-bond donors (Lipinski definition) is 1. The minimum absolute atomic E-state index is 0.770. The van der Waals surface area contributed by atoms with E-state index < -0.39 is 0 Å². The maximum atomic E-state index is 6.32. The zero-order valence-corrected chi connectivity index (χ0v) is 11.0. The summed E-state index contributed by atoms with van der Waals surface area (Å²) in [5.74, 6) is 0.927. The minimum Gasteiger partial charge on any atom is -0.368 e. The molecule has 2 bridgehead atoms. The van der Waals surface area contributed by atoms with Gasteiger partial charge in [0.05, 0.1) is 0 Å². The SMILES string of the molecule is CNCc1ccc(N2CC3CCC2C3)cc1Cl. The molecule has 1 saturated heterocycles. The van der Waals surface area contributed by atoms with E-state index in [9.17, 15) is 0 Å². The summed E-state index contributed by atoms with van der Waals surface area (Å²) in [6.45, 7) is 2.07. The second-order valence-electron chi connectivity index (χ2n) is 5.29. The van der Waals surface area contributed by atoms with Gasteiger partial charge < -0.3 is 10.2 Å². The van der Waals surface area contributed by atoms with Crippen LogP contribution < -0.4 is 10.2 Å². The van der Waals surface area contributed by atoms with Crippen LogP contribution in [0.5, 0.6) is 0 Å². The zero-order chi connectivity index (χ0) is 11.8. The predicted octanol–water partition coefficient (Wildman–Crippen LogP) is 3.05. The van der Waals surface area contributed by atoms with Crippen molar-refractivity contribution in [3.05, 3.63) is 28.8 Å². The summed E-state index contributed by atoms with van der Waals surface area (Å²) in [7, 11) is 1.95. The summed E-state index contributed by atoms with van der Waals surface area (Å²) >= 11 is 6.32. The summed E-state index contributed by atoms with van der Waals surface area (Å²) in [5.41, 5.74) is 2.49. The Kier molecular flexibility index (Phi) is 3.01. The molecule has 2 nitrogen and oxygen atoms in total. The quantitative estimate of drug-likeness (QED) is 0.887. The maximum absolute atomic E-state index is 6.32. The molecule has 1 saturated carbocycles. The van der Waals surface area contributed by atoms with E-state index in [0.717, 1.165) is 23.5 Å². The van der Waals surface area contributed by atoms with Crippen LogP contribution in [0.2, 0.25) is 5.02 Å². The molecule has 1 aromatic rings. The summed E-state index contributed by atoms with van der Waals surface area (Å²) in [4.78, 5) is 2.54. The van der Waals surface area contributed by atoms with Gasteiger partial charge in [-0.15, -0.1) is 0 Å². The smallest absolute Gasteiger partial charge is 0.0471 e. The Morgan fingerprint density at radius 1 is 1.41 bits per heavy atom. The first-order valence-electron chi connectivity index (χ1n) is 6.47. The Morgan fingerprint density at radius 2 is 2.29 bits per heavy atom. The second-order valence-corrected chi connectivity index (χ2v) is 5.70. The third-order valence-corrected chi connectivity index (χ3v) is 4.50. The lowest BCUT2D eigenvalue weighted by Crippen LogP contribution is -2.31. The van der Waals surface area contributed by atoms with Crippen molar-refractivity contribution in [1.29, 1.82) is 0 Å². The monoisotopic (exact) mass is 250 g/mol. The molecule has 2 fully saturated rings. The van der Waals surface area contributed by atoms with Crippen molar-refractivity contribution in [2.45, 2.75) is 31.8 Å². The zero-order valence-electron chi connectivity index (χ0n) is 10.2. The molecule has 3 rings (SSSR count). The van der Waals surface area contributed by atoms with E-state index in [-0.39, 0.29) is 0 Å². The van der Waals surface area contributed by atoms with Gasteiger partial charge in [-0.1, -0.05) is 17.7 Å². The maximum Gasteiger partial charge on any atom is 0.0471 e. The molecule has 2 unspecified atom stereocenters. The summed E-state index contributed by atoms with van der Waals surface area (Å²) < 4.78 is 0. The normalized spacial score (nSPS) is 26.8. The summed E-state index contributed by atoms with van der Waals surface area (Å²) in [5, 5.41) is 4.03. The van der Waals surface area contributed by atoms with E-state index in [1.54, 1.807) is 0 Å². The lowest BCUT2D eigenvalue weighted by atomic mass is 10.1. The predicted molar refractivity (Wildman–Crippen MR) is 72.7 cm³/mol. The molecule has 1 aromatic carbocycles. The fraction of sp³-hybridized carbons (Fsp3) is 0.571.